The number of piperazine rings is 1. The van der Waals surface area contributed by atoms with Crippen LogP contribution >= 0.6 is 0 Å². The Morgan fingerprint density at radius 3 is 2.52 bits per heavy atom. The molecular weight excluding hydrogens is 266 g/mol. The van der Waals surface area contributed by atoms with E-state index >= 15 is 0 Å². The van der Waals surface area contributed by atoms with Gasteiger partial charge in [0, 0.05) is 46.4 Å². The molecule has 1 N–H and O–H groups in total. The third-order valence-electron chi connectivity index (χ3n) is 4.73. The van der Waals surface area contributed by atoms with Gasteiger partial charge in [-0.25, -0.2) is 0 Å². The average Bonchev–Trinajstić information content (AvgIpc) is 2.53. The number of nitrogens with zero attached hydrogens (tertiary/aromatic N) is 2. The van der Waals surface area contributed by atoms with Crippen molar-refractivity contribution in [2.45, 2.75) is 32.1 Å². The molecule has 0 bridgehead atoms. The van der Waals surface area contributed by atoms with Crippen molar-refractivity contribution in [1.82, 2.24) is 15.1 Å². The van der Waals surface area contributed by atoms with Crippen molar-refractivity contribution in [3.63, 3.8) is 0 Å². The van der Waals surface area contributed by atoms with E-state index in [1.54, 1.807) is 7.11 Å². The molecule has 1 aliphatic carbocycles. The van der Waals surface area contributed by atoms with E-state index in [9.17, 15) is 4.79 Å². The lowest BCUT2D eigenvalue weighted by Gasteiger charge is -2.37. The van der Waals surface area contributed by atoms with Crippen molar-refractivity contribution in [2.75, 3.05) is 59.5 Å². The van der Waals surface area contributed by atoms with E-state index in [4.69, 9.17) is 4.74 Å². The maximum absolute atomic E-state index is 12.1. The molecule has 0 radical (unpaired) electrons. The standard InChI is InChI=1S/C16H31N3O2/c1-21-12-7-17-13-16(20)19-10-8-18(9-11-19)14-15-5-3-2-4-6-15/h15,17H,2-14H2,1H3. The van der Waals surface area contributed by atoms with Crippen LogP contribution in [-0.2, 0) is 9.53 Å². The van der Waals surface area contributed by atoms with Crippen molar-refractivity contribution in [3.8, 4) is 0 Å². The Bertz CT molecular complexity index is 298. The highest BCUT2D eigenvalue weighted by molar-refractivity contribution is 5.78. The molecule has 0 aromatic carbocycles. The minimum absolute atomic E-state index is 0.225. The van der Waals surface area contributed by atoms with Crippen LogP contribution in [-0.4, -0.2) is 75.2 Å². The number of rotatable bonds is 7. The van der Waals surface area contributed by atoms with Crippen molar-refractivity contribution < 1.29 is 9.53 Å². The molecule has 0 unspecified atom stereocenters. The molecule has 2 aliphatic rings. The second-order valence-corrected chi connectivity index (χ2v) is 6.36. The lowest BCUT2D eigenvalue weighted by atomic mass is 9.89. The van der Waals surface area contributed by atoms with Gasteiger partial charge in [-0.1, -0.05) is 19.3 Å². The molecule has 0 spiro atoms. The third kappa shape index (κ3) is 5.93. The van der Waals surface area contributed by atoms with Crippen LogP contribution in [0.15, 0.2) is 0 Å². The van der Waals surface area contributed by atoms with E-state index in [2.05, 4.69) is 10.2 Å². The molecule has 0 atom stereocenters. The van der Waals surface area contributed by atoms with E-state index in [1.807, 2.05) is 4.90 Å². The molecule has 5 heteroatoms. The largest absolute Gasteiger partial charge is 0.383 e. The predicted molar refractivity (Wildman–Crippen MR) is 84.3 cm³/mol. The van der Waals surface area contributed by atoms with Crippen molar-refractivity contribution >= 4 is 5.91 Å². The molecule has 21 heavy (non-hydrogen) atoms. The Labute approximate surface area is 129 Å². The highest BCUT2D eigenvalue weighted by Gasteiger charge is 2.23. The van der Waals surface area contributed by atoms with Gasteiger partial charge >= 0.3 is 0 Å². The van der Waals surface area contributed by atoms with Gasteiger partial charge in [0.1, 0.15) is 0 Å². The van der Waals surface area contributed by atoms with Gasteiger partial charge in [0.2, 0.25) is 5.91 Å². The Kier molecular flexibility index (Phi) is 7.47. The van der Waals surface area contributed by atoms with Crippen molar-refractivity contribution in [3.05, 3.63) is 0 Å². The fraction of sp³-hybridized carbons (Fsp3) is 0.938. The van der Waals surface area contributed by atoms with Gasteiger partial charge in [0.15, 0.2) is 0 Å². The molecule has 2 fully saturated rings. The van der Waals surface area contributed by atoms with Crippen LogP contribution in [0, 0.1) is 5.92 Å². The molecule has 1 saturated heterocycles. The zero-order chi connectivity index (χ0) is 14.9. The van der Waals surface area contributed by atoms with Crippen LogP contribution < -0.4 is 5.32 Å². The fourth-order valence-electron chi connectivity index (χ4n) is 3.40. The van der Waals surface area contributed by atoms with E-state index in [0.717, 1.165) is 38.6 Å². The zero-order valence-corrected chi connectivity index (χ0v) is 13.5. The van der Waals surface area contributed by atoms with Gasteiger partial charge in [0.25, 0.3) is 0 Å². The maximum Gasteiger partial charge on any atom is 0.236 e. The summed E-state index contributed by atoms with van der Waals surface area (Å²) in [5.41, 5.74) is 0. The molecule has 122 valence electrons. The summed E-state index contributed by atoms with van der Waals surface area (Å²) >= 11 is 0. The van der Waals surface area contributed by atoms with Crippen LogP contribution in [0.4, 0.5) is 0 Å². The van der Waals surface area contributed by atoms with E-state index in [1.165, 1.54) is 38.6 Å². The average molecular weight is 297 g/mol. The lowest BCUT2D eigenvalue weighted by molar-refractivity contribution is -0.132. The summed E-state index contributed by atoms with van der Waals surface area (Å²) in [6, 6.07) is 0. The van der Waals surface area contributed by atoms with Crippen LogP contribution in [0.2, 0.25) is 0 Å². The monoisotopic (exact) mass is 297 g/mol. The first-order valence-corrected chi connectivity index (χ1v) is 8.49. The van der Waals surface area contributed by atoms with Gasteiger partial charge in [-0.05, 0) is 18.8 Å². The molecule has 1 saturated carbocycles. The molecule has 2 rings (SSSR count). The maximum atomic E-state index is 12.1. The minimum atomic E-state index is 0.225. The van der Waals surface area contributed by atoms with Crippen LogP contribution in [0.3, 0.4) is 0 Å². The molecule has 0 aromatic heterocycles. The fourth-order valence-corrected chi connectivity index (χ4v) is 3.40. The molecular formula is C16H31N3O2. The van der Waals surface area contributed by atoms with E-state index < -0.39 is 0 Å². The summed E-state index contributed by atoms with van der Waals surface area (Å²) in [5, 5.41) is 3.13. The number of nitrogens with one attached hydrogen (secondary N) is 1. The third-order valence-corrected chi connectivity index (χ3v) is 4.73. The number of carbonyl (C=O) groups excluding carboxylic acids is 1. The highest BCUT2D eigenvalue weighted by Crippen LogP contribution is 2.24. The Hall–Kier alpha value is -0.650. The number of amides is 1. The molecule has 5 nitrogen and oxygen atoms in total. The topological polar surface area (TPSA) is 44.8 Å². The first-order chi connectivity index (χ1) is 10.3. The molecule has 0 aromatic rings. The van der Waals surface area contributed by atoms with Crippen molar-refractivity contribution in [1.29, 1.82) is 0 Å². The summed E-state index contributed by atoms with van der Waals surface area (Å²) in [5.74, 6) is 1.13. The molecule has 1 heterocycles. The summed E-state index contributed by atoms with van der Waals surface area (Å²) in [6.07, 6.45) is 7.06. The Morgan fingerprint density at radius 1 is 1.14 bits per heavy atom. The van der Waals surface area contributed by atoms with E-state index in [0.29, 0.717) is 13.2 Å². The van der Waals surface area contributed by atoms with Gasteiger partial charge in [0.05, 0.1) is 13.2 Å². The molecule has 1 aliphatic heterocycles. The number of ether oxygens (including phenoxy) is 1. The zero-order valence-electron chi connectivity index (χ0n) is 13.5. The number of carbonyl (C=O) groups is 1. The first-order valence-electron chi connectivity index (χ1n) is 8.49. The summed E-state index contributed by atoms with van der Waals surface area (Å²) in [6.45, 7) is 6.93. The minimum Gasteiger partial charge on any atom is -0.383 e. The smallest absolute Gasteiger partial charge is 0.236 e. The van der Waals surface area contributed by atoms with Crippen LogP contribution in [0.1, 0.15) is 32.1 Å². The normalized spacial score (nSPS) is 21.7. The lowest BCUT2D eigenvalue weighted by Crippen LogP contribution is -2.51. The number of methoxy groups -OCH3 is 1. The first kappa shape index (κ1) is 16.7. The number of hydrogen-bond donors (Lipinski definition) is 1. The van der Waals surface area contributed by atoms with Crippen LogP contribution in [0.5, 0.6) is 0 Å². The van der Waals surface area contributed by atoms with Gasteiger partial charge in [-0.15, -0.1) is 0 Å². The highest BCUT2D eigenvalue weighted by atomic mass is 16.5. The Morgan fingerprint density at radius 2 is 1.86 bits per heavy atom. The Balaban J connectivity index is 1.59. The van der Waals surface area contributed by atoms with Gasteiger partial charge < -0.3 is 15.0 Å². The summed E-state index contributed by atoms with van der Waals surface area (Å²) < 4.78 is 4.96. The summed E-state index contributed by atoms with van der Waals surface area (Å²) in [4.78, 5) is 16.6. The predicted octanol–water partition coefficient (Wildman–Crippen LogP) is 0.947. The quantitative estimate of drug-likeness (QED) is 0.711. The SMILES string of the molecule is COCCNCC(=O)N1CCN(CC2CCCCC2)CC1. The second kappa shape index (κ2) is 9.38. The second-order valence-electron chi connectivity index (χ2n) is 6.36. The van der Waals surface area contributed by atoms with E-state index in [-0.39, 0.29) is 5.91 Å². The van der Waals surface area contributed by atoms with Crippen molar-refractivity contribution in [2.24, 2.45) is 5.92 Å². The number of hydrogen-bond acceptors (Lipinski definition) is 4. The van der Waals surface area contributed by atoms with Gasteiger partial charge in [-0.2, -0.15) is 0 Å². The molecule has 1 amide bonds. The van der Waals surface area contributed by atoms with Crippen LogP contribution in [0.25, 0.3) is 0 Å². The summed E-state index contributed by atoms with van der Waals surface area (Å²) in [7, 11) is 1.68. The van der Waals surface area contributed by atoms with Gasteiger partial charge in [-0.3, -0.25) is 9.69 Å².